The summed E-state index contributed by atoms with van der Waals surface area (Å²) in [6.07, 6.45) is 0.231. The molecule has 0 bridgehead atoms. The van der Waals surface area contributed by atoms with E-state index in [1.165, 1.54) is 6.07 Å². The number of nitrogens with one attached hydrogen (secondary N) is 1. The lowest BCUT2D eigenvalue weighted by Crippen LogP contribution is -2.45. The molecule has 0 spiro atoms. The third-order valence-corrected chi connectivity index (χ3v) is 3.40. The molecule has 1 aliphatic rings. The second kappa shape index (κ2) is 6.78. The number of hydrogen-bond acceptors (Lipinski definition) is 5. The van der Waals surface area contributed by atoms with E-state index in [9.17, 15) is 10.1 Å². The normalized spacial score (nSPS) is 22.7. The minimum atomic E-state index is -0.366. The van der Waals surface area contributed by atoms with Crippen LogP contribution in [0.25, 0.3) is 0 Å². The third kappa shape index (κ3) is 3.75. The van der Waals surface area contributed by atoms with Crippen molar-refractivity contribution in [2.45, 2.75) is 32.7 Å². The zero-order chi connectivity index (χ0) is 14.5. The van der Waals surface area contributed by atoms with Gasteiger partial charge in [-0.1, -0.05) is 12.1 Å². The maximum absolute atomic E-state index is 10.9. The molecule has 0 radical (unpaired) electrons. The van der Waals surface area contributed by atoms with Gasteiger partial charge < -0.3 is 14.8 Å². The molecular weight excluding hydrogens is 260 g/mol. The van der Waals surface area contributed by atoms with Gasteiger partial charge in [0.1, 0.15) is 0 Å². The molecule has 1 heterocycles. The fourth-order valence-corrected chi connectivity index (χ4v) is 2.29. The van der Waals surface area contributed by atoms with Gasteiger partial charge in [-0.15, -0.1) is 0 Å². The van der Waals surface area contributed by atoms with Gasteiger partial charge in [0.2, 0.25) is 0 Å². The summed E-state index contributed by atoms with van der Waals surface area (Å²) in [6, 6.07) is 5.05. The maximum Gasteiger partial charge on any atom is 0.272 e. The van der Waals surface area contributed by atoms with Crippen molar-refractivity contribution in [2.75, 3.05) is 19.7 Å². The van der Waals surface area contributed by atoms with Crippen LogP contribution < -0.4 is 5.32 Å². The van der Waals surface area contributed by atoms with Gasteiger partial charge in [0, 0.05) is 24.7 Å². The van der Waals surface area contributed by atoms with E-state index in [0.29, 0.717) is 18.8 Å². The highest BCUT2D eigenvalue weighted by Gasteiger charge is 2.19. The minimum absolute atomic E-state index is 0.0396. The number of nitro groups is 1. The van der Waals surface area contributed by atoms with Gasteiger partial charge in [-0.25, -0.2) is 0 Å². The molecule has 2 atom stereocenters. The van der Waals surface area contributed by atoms with Crippen molar-refractivity contribution in [1.29, 1.82) is 0 Å². The van der Waals surface area contributed by atoms with Crippen molar-refractivity contribution in [1.82, 2.24) is 5.32 Å². The number of nitrogens with zero attached hydrogens (tertiary/aromatic N) is 1. The molecule has 0 amide bonds. The van der Waals surface area contributed by atoms with Crippen LogP contribution in [0.15, 0.2) is 18.2 Å². The predicted octanol–water partition coefficient (Wildman–Crippen LogP) is 1.80. The van der Waals surface area contributed by atoms with Crippen molar-refractivity contribution in [3.8, 4) is 0 Å². The number of ether oxygens (including phenoxy) is 2. The Morgan fingerprint density at radius 1 is 1.50 bits per heavy atom. The van der Waals surface area contributed by atoms with Crippen LogP contribution in [0.1, 0.15) is 18.1 Å². The standard InChI is InChI=1S/C14H20N2O4/c1-10-6-15-7-13(20-10)9-19-8-12-4-3-5-14(11(12)2)16(17)18/h3-5,10,13,15H,6-9H2,1-2H3. The Hall–Kier alpha value is -1.50. The molecule has 6 heteroatoms. The minimum Gasteiger partial charge on any atom is -0.374 e. The van der Waals surface area contributed by atoms with E-state index >= 15 is 0 Å². The van der Waals surface area contributed by atoms with Gasteiger partial charge in [-0.2, -0.15) is 0 Å². The highest BCUT2D eigenvalue weighted by Crippen LogP contribution is 2.21. The van der Waals surface area contributed by atoms with Gasteiger partial charge in [0.05, 0.1) is 30.3 Å². The van der Waals surface area contributed by atoms with Crippen LogP contribution in [-0.4, -0.2) is 36.8 Å². The number of benzene rings is 1. The molecule has 1 fully saturated rings. The summed E-state index contributed by atoms with van der Waals surface area (Å²) in [5, 5.41) is 14.1. The van der Waals surface area contributed by atoms with Crippen LogP contribution in [0.5, 0.6) is 0 Å². The smallest absolute Gasteiger partial charge is 0.272 e. The van der Waals surface area contributed by atoms with Crippen LogP contribution in [0, 0.1) is 17.0 Å². The summed E-state index contributed by atoms with van der Waals surface area (Å²) in [6.45, 7) is 6.25. The van der Waals surface area contributed by atoms with E-state index in [4.69, 9.17) is 9.47 Å². The maximum atomic E-state index is 10.9. The van der Waals surface area contributed by atoms with Crippen molar-refractivity contribution < 1.29 is 14.4 Å². The van der Waals surface area contributed by atoms with E-state index < -0.39 is 0 Å². The molecule has 1 aromatic carbocycles. The van der Waals surface area contributed by atoms with Gasteiger partial charge in [-0.3, -0.25) is 10.1 Å². The van der Waals surface area contributed by atoms with Crippen LogP contribution in [0.3, 0.4) is 0 Å². The zero-order valence-corrected chi connectivity index (χ0v) is 11.8. The Kier molecular flexibility index (Phi) is 5.05. The average molecular weight is 280 g/mol. The van der Waals surface area contributed by atoms with Crippen molar-refractivity contribution in [3.05, 3.63) is 39.4 Å². The first kappa shape index (κ1) is 14.9. The molecule has 0 aliphatic carbocycles. The average Bonchev–Trinajstić information content (AvgIpc) is 2.40. The van der Waals surface area contributed by atoms with Crippen molar-refractivity contribution in [3.63, 3.8) is 0 Å². The Balaban J connectivity index is 1.88. The lowest BCUT2D eigenvalue weighted by molar-refractivity contribution is -0.385. The molecule has 1 N–H and O–H groups in total. The highest BCUT2D eigenvalue weighted by molar-refractivity contribution is 5.44. The van der Waals surface area contributed by atoms with Crippen LogP contribution in [-0.2, 0) is 16.1 Å². The molecule has 20 heavy (non-hydrogen) atoms. The third-order valence-electron chi connectivity index (χ3n) is 3.40. The first-order chi connectivity index (χ1) is 9.58. The first-order valence-corrected chi connectivity index (χ1v) is 6.74. The fourth-order valence-electron chi connectivity index (χ4n) is 2.29. The molecule has 2 unspecified atom stereocenters. The molecule has 0 aromatic heterocycles. The summed E-state index contributed by atoms with van der Waals surface area (Å²) >= 11 is 0. The Morgan fingerprint density at radius 2 is 2.30 bits per heavy atom. The number of nitro benzene ring substituents is 1. The first-order valence-electron chi connectivity index (χ1n) is 6.74. The van der Waals surface area contributed by atoms with E-state index in [1.807, 2.05) is 13.0 Å². The summed E-state index contributed by atoms with van der Waals surface area (Å²) in [4.78, 5) is 10.5. The highest BCUT2D eigenvalue weighted by atomic mass is 16.6. The fraction of sp³-hybridized carbons (Fsp3) is 0.571. The molecule has 0 saturated carbocycles. The van der Waals surface area contributed by atoms with Gasteiger partial charge >= 0.3 is 0 Å². The van der Waals surface area contributed by atoms with Gasteiger partial charge in [-0.05, 0) is 19.4 Å². The topological polar surface area (TPSA) is 73.6 Å². The number of morpholine rings is 1. The van der Waals surface area contributed by atoms with Crippen LogP contribution >= 0.6 is 0 Å². The SMILES string of the molecule is Cc1c(COCC2CNCC(C)O2)cccc1[N+](=O)[O-]. The second-order valence-electron chi connectivity index (χ2n) is 5.06. The van der Waals surface area contributed by atoms with Crippen LogP contribution in [0.4, 0.5) is 5.69 Å². The molecule has 6 nitrogen and oxygen atoms in total. The number of rotatable bonds is 5. The lowest BCUT2D eigenvalue weighted by atomic mass is 10.1. The molecule has 2 rings (SSSR count). The Morgan fingerprint density at radius 3 is 3.00 bits per heavy atom. The van der Waals surface area contributed by atoms with E-state index in [0.717, 1.165) is 18.7 Å². The van der Waals surface area contributed by atoms with Gasteiger partial charge in [0.25, 0.3) is 5.69 Å². The monoisotopic (exact) mass is 280 g/mol. The quantitative estimate of drug-likeness (QED) is 0.657. The summed E-state index contributed by atoms with van der Waals surface area (Å²) in [7, 11) is 0. The van der Waals surface area contributed by atoms with Crippen LogP contribution in [0.2, 0.25) is 0 Å². The predicted molar refractivity (Wildman–Crippen MR) is 74.7 cm³/mol. The van der Waals surface area contributed by atoms with Crippen molar-refractivity contribution >= 4 is 5.69 Å². The molecule has 1 aromatic rings. The zero-order valence-electron chi connectivity index (χ0n) is 11.8. The molecule has 110 valence electrons. The summed E-state index contributed by atoms with van der Waals surface area (Å²) in [5.74, 6) is 0. The Bertz CT molecular complexity index is 478. The number of hydrogen-bond donors (Lipinski definition) is 1. The van der Waals surface area contributed by atoms with Gasteiger partial charge in [0.15, 0.2) is 0 Å². The summed E-state index contributed by atoms with van der Waals surface area (Å²) in [5.41, 5.74) is 1.64. The molecule has 1 saturated heterocycles. The summed E-state index contributed by atoms with van der Waals surface area (Å²) < 4.78 is 11.4. The lowest BCUT2D eigenvalue weighted by Gasteiger charge is -2.28. The van der Waals surface area contributed by atoms with E-state index in [-0.39, 0.29) is 22.8 Å². The van der Waals surface area contributed by atoms with Crippen molar-refractivity contribution in [2.24, 2.45) is 0 Å². The second-order valence-corrected chi connectivity index (χ2v) is 5.06. The molecular formula is C14H20N2O4. The molecule has 1 aliphatic heterocycles. The Labute approximate surface area is 118 Å². The van der Waals surface area contributed by atoms with E-state index in [1.54, 1.807) is 13.0 Å². The largest absolute Gasteiger partial charge is 0.374 e. The van der Waals surface area contributed by atoms with E-state index in [2.05, 4.69) is 5.32 Å².